The van der Waals surface area contributed by atoms with Crippen LogP contribution in [0.3, 0.4) is 0 Å². The smallest absolute Gasteiger partial charge is 0.275 e. The van der Waals surface area contributed by atoms with Crippen LogP contribution in [0.25, 0.3) is 26.1 Å². The van der Waals surface area contributed by atoms with Crippen molar-refractivity contribution >= 4 is 54.8 Å². The zero-order chi connectivity index (χ0) is 18.4. The van der Waals surface area contributed by atoms with Gasteiger partial charge in [0, 0.05) is 19.8 Å². The van der Waals surface area contributed by atoms with E-state index in [0.29, 0.717) is 20.9 Å². The van der Waals surface area contributed by atoms with E-state index in [0.717, 1.165) is 21.6 Å². The van der Waals surface area contributed by atoms with Crippen LogP contribution in [0, 0.1) is 6.92 Å². The molecular formula is C19H15ClN4OS. The summed E-state index contributed by atoms with van der Waals surface area (Å²) in [5.41, 5.74) is 6.06. The number of nitrogens with zero attached hydrogens (tertiary/aromatic N) is 4. The number of aromatic nitrogens is 3. The van der Waals surface area contributed by atoms with Crippen molar-refractivity contribution in [3.05, 3.63) is 63.5 Å². The molecule has 26 heavy (non-hydrogen) atoms. The Morgan fingerprint density at radius 3 is 2.88 bits per heavy atom. The Labute approximate surface area is 158 Å². The predicted molar refractivity (Wildman–Crippen MR) is 109 cm³/mol. The normalized spacial score (nSPS) is 13.8. The maximum Gasteiger partial charge on any atom is 0.275 e. The summed E-state index contributed by atoms with van der Waals surface area (Å²) < 4.78 is 2.11. The van der Waals surface area contributed by atoms with E-state index in [2.05, 4.69) is 15.7 Å². The van der Waals surface area contributed by atoms with E-state index < -0.39 is 0 Å². The topological polar surface area (TPSA) is 51.0 Å². The van der Waals surface area contributed by atoms with Crippen LogP contribution in [0.4, 0.5) is 5.69 Å². The number of aryl methyl sites for hydroxylation is 1. The highest BCUT2D eigenvalue weighted by Gasteiger charge is 2.18. The fourth-order valence-electron chi connectivity index (χ4n) is 2.89. The molecule has 0 saturated heterocycles. The number of fused-ring (bicyclic) bond motifs is 3. The Morgan fingerprint density at radius 2 is 2.12 bits per heavy atom. The SMILES string of the molecule is Cc1cc(N(C)C)c2c(n1)sc1c(=O)n(C3=CC=C=C(Cl)C=C3)cnc12. The lowest BCUT2D eigenvalue weighted by molar-refractivity contribution is 1.00. The zero-order valence-electron chi connectivity index (χ0n) is 14.4. The van der Waals surface area contributed by atoms with Crippen molar-refractivity contribution in [2.24, 2.45) is 0 Å². The van der Waals surface area contributed by atoms with Crippen LogP contribution in [0.1, 0.15) is 5.69 Å². The standard InChI is InChI=1S/C19H15ClN4OS/c1-11-9-14(23(2)3)15-16-17(26-18(15)22-11)19(25)24(10-21-16)13-6-4-5-12(20)7-8-13/h4,6-10H,1-3H3. The average molecular weight is 383 g/mol. The van der Waals surface area contributed by atoms with E-state index in [1.165, 1.54) is 15.9 Å². The Bertz CT molecular complexity index is 1240. The molecular weight excluding hydrogens is 368 g/mol. The molecule has 0 aromatic carbocycles. The third-order valence-electron chi connectivity index (χ3n) is 4.10. The van der Waals surface area contributed by atoms with Crippen molar-refractivity contribution in [1.82, 2.24) is 14.5 Å². The van der Waals surface area contributed by atoms with Crippen molar-refractivity contribution < 1.29 is 0 Å². The first kappa shape index (κ1) is 16.8. The summed E-state index contributed by atoms with van der Waals surface area (Å²) in [5, 5.41) is 1.40. The molecule has 0 amide bonds. The van der Waals surface area contributed by atoms with Gasteiger partial charge in [-0.3, -0.25) is 9.36 Å². The lowest BCUT2D eigenvalue weighted by atomic mass is 10.2. The average Bonchev–Trinajstić information content (AvgIpc) is 2.83. The van der Waals surface area contributed by atoms with Crippen LogP contribution in [0.2, 0.25) is 0 Å². The molecule has 0 fully saturated rings. The quantitative estimate of drug-likeness (QED) is 0.627. The van der Waals surface area contributed by atoms with E-state index in [1.807, 2.05) is 32.0 Å². The number of halogens is 1. The molecule has 1 aliphatic rings. The van der Waals surface area contributed by atoms with Gasteiger partial charge in [-0.25, -0.2) is 9.97 Å². The van der Waals surface area contributed by atoms with Gasteiger partial charge in [0.2, 0.25) is 0 Å². The van der Waals surface area contributed by atoms with Crippen LogP contribution in [0.15, 0.2) is 52.3 Å². The first-order valence-electron chi connectivity index (χ1n) is 7.95. The number of hydrogen-bond acceptors (Lipinski definition) is 5. The molecule has 0 N–H and O–H groups in total. The van der Waals surface area contributed by atoms with E-state index in [-0.39, 0.29) is 5.56 Å². The summed E-state index contributed by atoms with van der Waals surface area (Å²) in [6.45, 7) is 1.95. The van der Waals surface area contributed by atoms with Gasteiger partial charge in [0.25, 0.3) is 5.56 Å². The number of rotatable bonds is 2. The molecule has 5 nitrogen and oxygen atoms in total. The summed E-state index contributed by atoms with van der Waals surface area (Å²) >= 11 is 7.34. The lowest BCUT2D eigenvalue weighted by Crippen LogP contribution is -2.18. The monoisotopic (exact) mass is 382 g/mol. The summed E-state index contributed by atoms with van der Waals surface area (Å²) in [6, 6.07) is 2.01. The summed E-state index contributed by atoms with van der Waals surface area (Å²) in [4.78, 5) is 25.1. The molecule has 3 aromatic rings. The number of allylic oxidation sites excluding steroid dienone is 5. The van der Waals surface area contributed by atoms with E-state index >= 15 is 0 Å². The molecule has 0 aliphatic heterocycles. The minimum atomic E-state index is -0.123. The van der Waals surface area contributed by atoms with Gasteiger partial charge in [-0.15, -0.1) is 17.1 Å². The van der Waals surface area contributed by atoms with Crippen LogP contribution in [-0.2, 0) is 0 Å². The fraction of sp³-hybridized carbons (Fsp3) is 0.158. The van der Waals surface area contributed by atoms with Crippen molar-refractivity contribution in [3.63, 3.8) is 0 Å². The Hall–Kier alpha value is -2.66. The van der Waals surface area contributed by atoms with Gasteiger partial charge in [0.1, 0.15) is 21.4 Å². The second kappa shape index (κ2) is 6.25. The molecule has 0 radical (unpaired) electrons. The van der Waals surface area contributed by atoms with Gasteiger partial charge >= 0.3 is 0 Å². The first-order chi connectivity index (χ1) is 12.5. The predicted octanol–water partition coefficient (Wildman–Crippen LogP) is 4.07. The fourth-order valence-corrected chi connectivity index (χ4v) is 4.14. The Morgan fingerprint density at radius 1 is 1.31 bits per heavy atom. The van der Waals surface area contributed by atoms with Gasteiger partial charge in [0.15, 0.2) is 0 Å². The van der Waals surface area contributed by atoms with Gasteiger partial charge in [0.05, 0.1) is 21.8 Å². The first-order valence-corrected chi connectivity index (χ1v) is 9.15. The molecule has 0 atom stereocenters. The molecule has 4 rings (SSSR count). The molecule has 3 aromatic heterocycles. The van der Waals surface area contributed by atoms with Gasteiger partial charge < -0.3 is 4.90 Å². The molecule has 0 saturated carbocycles. The molecule has 1 aliphatic carbocycles. The zero-order valence-corrected chi connectivity index (χ0v) is 16.0. The molecule has 0 bridgehead atoms. The third kappa shape index (κ3) is 2.69. The Balaban J connectivity index is 2.01. The maximum atomic E-state index is 13.1. The summed E-state index contributed by atoms with van der Waals surface area (Å²) in [7, 11) is 3.95. The summed E-state index contributed by atoms with van der Waals surface area (Å²) in [5.74, 6) is 0. The highest BCUT2D eigenvalue weighted by atomic mass is 35.5. The number of pyridine rings is 1. The largest absolute Gasteiger partial charge is 0.377 e. The minimum Gasteiger partial charge on any atom is -0.377 e. The highest BCUT2D eigenvalue weighted by molar-refractivity contribution is 7.25. The Kier molecular flexibility index (Phi) is 4.04. The minimum absolute atomic E-state index is 0.123. The van der Waals surface area contributed by atoms with E-state index in [1.54, 1.807) is 30.6 Å². The van der Waals surface area contributed by atoms with Crippen LogP contribution in [0.5, 0.6) is 0 Å². The van der Waals surface area contributed by atoms with Gasteiger partial charge in [-0.05, 0) is 37.3 Å². The number of hydrogen-bond donors (Lipinski definition) is 0. The highest BCUT2D eigenvalue weighted by Crippen LogP contribution is 2.36. The van der Waals surface area contributed by atoms with E-state index in [9.17, 15) is 4.79 Å². The van der Waals surface area contributed by atoms with Crippen molar-refractivity contribution in [1.29, 1.82) is 0 Å². The second-order valence-electron chi connectivity index (χ2n) is 6.14. The maximum absolute atomic E-state index is 13.1. The van der Waals surface area contributed by atoms with E-state index in [4.69, 9.17) is 11.6 Å². The van der Waals surface area contributed by atoms with Crippen molar-refractivity contribution in [2.75, 3.05) is 19.0 Å². The number of thiophene rings is 1. The van der Waals surface area contributed by atoms with Crippen LogP contribution < -0.4 is 10.5 Å². The van der Waals surface area contributed by atoms with Crippen LogP contribution in [-0.4, -0.2) is 28.6 Å². The van der Waals surface area contributed by atoms with Crippen molar-refractivity contribution in [3.8, 4) is 0 Å². The molecule has 3 heterocycles. The molecule has 0 unspecified atom stereocenters. The summed E-state index contributed by atoms with van der Waals surface area (Å²) in [6.07, 6.45) is 8.50. The molecule has 130 valence electrons. The lowest BCUT2D eigenvalue weighted by Gasteiger charge is -2.14. The second-order valence-corrected chi connectivity index (χ2v) is 7.55. The molecule has 7 heteroatoms. The van der Waals surface area contributed by atoms with Gasteiger partial charge in [-0.2, -0.15) is 0 Å². The number of anilines is 1. The van der Waals surface area contributed by atoms with Crippen molar-refractivity contribution in [2.45, 2.75) is 6.92 Å². The van der Waals surface area contributed by atoms with Crippen LogP contribution >= 0.6 is 22.9 Å². The third-order valence-corrected chi connectivity index (χ3v) is 5.39. The van der Waals surface area contributed by atoms with Gasteiger partial charge in [-0.1, -0.05) is 11.6 Å². The molecule has 0 spiro atoms.